The molecular weight excluding hydrogens is 213 g/mol. The molecule has 0 saturated carbocycles. The van der Waals surface area contributed by atoms with Crippen LogP contribution in [0.3, 0.4) is 0 Å². The van der Waals surface area contributed by atoms with Gasteiger partial charge in [0.25, 0.3) is 5.36 Å². The molecular formula is C7H5Cl2N3O. The molecule has 0 fully saturated rings. The normalized spacial score (nSPS) is 14.6. The fraction of sp³-hybridized carbons (Fsp3) is 0. The van der Waals surface area contributed by atoms with Crippen molar-refractivity contribution in [3.05, 3.63) is 39.0 Å². The van der Waals surface area contributed by atoms with Gasteiger partial charge in [-0.1, -0.05) is 22.0 Å². The van der Waals surface area contributed by atoms with E-state index in [9.17, 15) is 5.21 Å². The van der Waals surface area contributed by atoms with Crippen LogP contribution in [0, 0.1) is 5.21 Å². The summed E-state index contributed by atoms with van der Waals surface area (Å²) in [6.45, 7) is 0. The van der Waals surface area contributed by atoms with Gasteiger partial charge in [0, 0.05) is 22.9 Å². The van der Waals surface area contributed by atoms with E-state index in [1.165, 1.54) is 0 Å². The lowest BCUT2D eigenvalue weighted by atomic mass is 10.3. The van der Waals surface area contributed by atoms with Crippen LogP contribution >= 0.6 is 23.4 Å². The number of hydrogen-bond donors (Lipinski definition) is 1. The molecule has 1 aliphatic heterocycles. The average molecular weight is 218 g/mol. The van der Waals surface area contributed by atoms with Crippen molar-refractivity contribution in [3.8, 4) is 0 Å². The number of nitrogens with one attached hydrogen (secondary N) is 1. The Kier molecular flexibility index (Phi) is 1.94. The molecule has 0 unspecified atom stereocenters. The minimum Gasteiger partial charge on any atom is -0.594 e. The van der Waals surface area contributed by atoms with Gasteiger partial charge in [0.05, 0.1) is 11.4 Å². The van der Waals surface area contributed by atoms with Crippen molar-refractivity contribution in [2.24, 2.45) is 0 Å². The van der Waals surface area contributed by atoms with E-state index in [0.29, 0.717) is 20.4 Å². The van der Waals surface area contributed by atoms with Crippen molar-refractivity contribution in [1.29, 1.82) is 0 Å². The second-order valence-electron chi connectivity index (χ2n) is 2.54. The van der Waals surface area contributed by atoms with Crippen LogP contribution in [0.1, 0.15) is 0 Å². The summed E-state index contributed by atoms with van der Waals surface area (Å²) in [5.41, 5.74) is 2.32. The SMILES string of the molecule is [O-][N+]1=c2cc(Cl)ccc2=CN(Cl)N1. The maximum Gasteiger partial charge on any atom is 0.254 e. The van der Waals surface area contributed by atoms with E-state index in [2.05, 4.69) is 5.53 Å². The molecule has 1 N–H and O–H groups in total. The summed E-state index contributed by atoms with van der Waals surface area (Å²) in [5.74, 6) is 0. The van der Waals surface area contributed by atoms with Crippen LogP contribution in [-0.2, 0) is 0 Å². The summed E-state index contributed by atoms with van der Waals surface area (Å²) >= 11 is 11.3. The number of halogens is 2. The van der Waals surface area contributed by atoms with Crippen molar-refractivity contribution in [1.82, 2.24) is 14.9 Å². The fourth-order valence-corrected chi connectivity index (χ4v) is 1.43. The Morgan fingerprint density at radius 2 is 2.23 bits per heavy atom. The molecule has 4 nitrogen and oxygen atoms in total. The first kappa shape index (κ1) is 8.47. The number of benzene rings is 1. The summed E-state index contributed by atoms with van der Waals surface area (Å²) < 4.78 is 1.06. The van der Waals surface area contributed by atoms with Crippen LogP contribution in [0.25, 0.3) is 6.20 Å². The van der Waals surface area contributed by atoms with E-state index in [4.69, 9.17) is 23.4 Å². The van der Waals surface area contributed by atoms with E-state index >= 15 is 0 Å². The molecule has 0 saturated heterocycles. The molecule has 13 heavy (non-hydrogen) atoms. The second kappa shape index (κ2) is 2.97. The molecule has 1 aromatic rings. The van der Waals surface area contributed by atoms with Gasteiger partial charge in [-0.3, -0.25) is 0 Å². The van der Waals surface area contributed by atoms with E-state index in [0.717, 1.165) is 4.53 Å². The second-order valence-corrected chi connectivity index (χ2v) is 3.34. The molecule has 0 aliphatic carbocycles. The van der Waals surface area contributed by atoms with Crippen molar-refractivity contribution in [2.45, 2.75) is 0 Å². The van der Waals surface area contributed by atoms with Crippen LogP contribution in [-0.4, -0.2) is 4.53 Å². The Morgan fingerprint density at radius 3 is 3.00 bits per heavy atom. The van der Waals surface area contributed by atoms with Crippen molar-refractivity contribution in [3.63, 3.8) is 0 Å². The lowest BCUT2D eigenvalue weighted by Gasteiger charge is -2.14. The molecule has 0 radical (unpaired) electrons. The van der Waals surface area contributed by atoms with Gasteiger partial charge in [-0.05, 0) is 12.1 Å². The van der Waals surface area contributed by atoms with Crippen molar-refractivity contribution < 1.29 is 0 Å². The predicted molar refractivity (Wildman–Crippen MR) is 50.6 cm³/mol. The smallest absolute Gasteiger partial charge is 0.254 e. The van der Waals surface area contributed by atoms with E-state index in [-0.39, 0.29) is 0 Å². The van der Waals surface area contributed by atoms with Crippen LogP contribution in [0.5, 0.6) is 0 Å². The molecule has 0 amide bonds. The third kappa shape index (κ3) is 1.50. The Morgan fingerprint density at radius 1 is 1.46 bits per heavy atom. The minimum atomic E-state index is 0.449. The first-order valence-corrected chi connectivity index (χ1v) is 4.21. The van der Waals surface area contributed by atoms with Crippen molar-refractivity contribution >= 4 is 29.6 Å². The molecule has 68 valence electrons. The number of nitrogens with zero attached hydrogens (tertiary/aromatic N) is 2. The van der Waals surface area contributed by atoms with E-state index in [1.54, 1.807) is 24.4 Å². The highest BCUT2D eigenvalue weighted by Crippen LogP contribution is 2.00. The van der Waals surface area contributed by atoms with Gasteiger partial charge in [0.15, 0.2) is 0 Å². The first-order chi connectivity index (χ1) is 6.16. The van der Waals surface area contributed by atoms with Gasteiger partial charge in [-0.25, -0.2) is 0 Å². The first-order valence-electron chi connectivity index (χ1n) is 3.50. The largest absolute Gasteiger partial charge is 0.594 e. The molecule has 0 spiro atoms. The van der Waals surface area contributed by atoms with Crippen LogP contribution in [0.15, 0.2) is 18.2 Å². The maximum atomic E-state index is 11.2. The zero-order valence-corrected chi connectivity index (χ0v) is 7.88. The monoisotopic (exact) mass is 217 g/mol. The summed E-state index contributed by atoms with van der Waals surface area (Å²) in [6, 6.07) is 4.98. The summed E-state index contributed by atoms with van der Waals surface area (Å²) in [6.07, 6.45) is 1.58. The molecule has 1 aliphatic rings. The van der Waals surface area contributed by atoms with E-state index < -0.39 is 0 Å². The zero-order chi connectivity index (χ0) is 9.42. The number of fused-ring (bicyclic) bond motifs is 1. The Labute approximate surface area is 83.9 Å². The fourth-order valence-electron chi connectivity index (χ4n) is 1.09. The Bertz CT molecular complexity index is 459. The highest BCUT2D eigenvalue weighted by atomic mass is 35.5. The average Bonchev–Trinajstić information content (AvgIpc) is 2.06. The predicted octanol–water partition coefficient (Wildman–Crippen LogP) is -0.0441. The van der Waals surface area contributed by atoms with Gasteiger partial charge in [-0.15, -0.1) is 0 Å². The lowest BCUT2D eigenvalue weighted by molar-refractivity contribution is 0.357. The molecule has 2 rings (SSSR count). The third-order valence-electron chi connectivity index (χ3n) is 1.65. The highest BCUT2D eigenvalue weighted by molar-refractivity contribution is 6.30. The Hall–Kier alpha value is -1.13. The zero-order valence-electron chi connectivity index (χ0n) is 6.37. The number of rotatable bonds is 0. The number of hydrazine groups is 2. The molecule has 6 heteroatoms. The van der Waals surface area contributed by atoms with Crippen molar-refractivity contribution in [2.75, 3.05) is 0 Å². The van der Waals surface area contributed by atoms with Crippen LogP contribution < -0.4 is 21.0 Å². The molecule has 0 aromatic heterocycles. The molecule has 0 atom stereocenters. The van der Waals surface area contributed by atoms with E-state index in [1.807, 2.05) is 0 Å². The van der Waals surface area contributed by atoms with Gasteiger partial charge in [-0.2, -0.15) is 4.53 Å². The Balaban J connectivity index is 2.80. The standard InChI is InChI=1S/C7H5Cl2N3O/c8-6-2-1-5-4-11(9)10-12(13)7(5)3-6/h1-4,10H. The van der Waals surface area contributed by atoms with Crippen LogP contribution in [0.2, 0.25) is 5.02 Å². The van der Waals surface area contributed by atoms with Gasteiger partial charge >= 0.3 is 0 Å². The minimum absolute atomic E-state index is 0.449. The molecule has 1 aromatic carbocycles. The third-order valence-corrected chi connectivity index (χ3v) is 2.06. The molecule has 1 heterocycles. The summed E-state index contributed by atoms with van der Waals surface area (Å²) in [5, 5.41) is 12.9. The van der Waals surface area contributed by atoms with Gasteiger partial charge in [0.1, 0.15) is 0 Å². The molecule has 0 bridgehead atoms. The maximum absolute atomic E-state index is 11.2. The van der Waals surface area contributed by atoms with Gasteiger partial charge < -0.3 is 5.21 Å². The quantitative estimate of drug-likeness (QED) is 0.377. The van der Waals surface area contributed by atoms with Gasteiger partial charge in [0.2, 0.25) is 0 Å². The topological polar surface area (TPSA) is 41.3 Å². The van der Waals surface area contributed by atoms with Crippen LogP contribution in [0.4, 0.5) is 0 Å². The summed E-state index contributed by atoms with van der Waals surface area (Å²) in [4.78, 5) is 0.550. The highest BCUT2D eigenvalue weighted by Gasteiger charge is 2.08. The number of hydrogen-bond acceptors (Lipinski definition) is 3. The lowest BCUT2D eigenvalue weighted by Crippen LogP contribution is -2.52. The summed E-state index contributed by atoms with van der Waals surface area (Å²) in [7, 11) is 0.